The van der Waals surface area contributed by atoms with E-state index < -0.39 is 13.9 Å². The van der Waals surface area contributed by atoms with Crippen LogP contribution in [0.15, 0.2) is 0 Å². The summed E-state index contributed by atoms with van der Waals surface area (Å²) in [4.78, 5) is 22.4. The van der Waals surface area contributed by atoms with E-state index in [0.29, 0.717) is 13.0 Å². The lowest BCUT2D eigenvalue weighted by Crippen LogP contribution is -2.28. The molecule has 0 heterocycles. The molecule has 0 fully saturated rings. The number of phosphoric ester groups is 1. The van der Waals surface area contributed by atoms with Crippen LogP contribution in [0.1, 0.15) is 219 Å². The second kappa shape index (κ2) is 39.7. The number of esters is 1. The fraction of sp³-hybridized carbons (Fsp3) is 0.976. The number of carbonyl (C=O) groups excluding carboxylic acids is 1. The summed E-state index contributed by atoms with van der Waals surface area (Å²) >= 11 is 0. The molecule has 0 aromatic heterocycles. The summed E-state index contributed by atoms with van der Waals surface area (Å²) in [5, 5.41) is 0. The van der Waals surface area contributed by atoms with Gasteiger partial charge in [-0.05, 0) is 12.8 Å². The molecule has 9 heteroatoms. The highest BCUT2D eigenvalue weighted by molar-refractivity contribution is 7.47. The Morgan fingerprint density at radius 1 is 0.520 bits per heavy atom. The summed E-state index contributed by atoms with van der Waals surface area (Å²) in [5.41, 5.74) is 5.37. The molecule has 50 heavy (non-hydrogen) atoms. The Kier molecular flexibility index (Phi) is 39.3. The minimum atomic E-state index is -4.27. The average molecular weight is 734 g/mol. The second-order valence-corrected chi connectivity index (χ2v) is 16.0. The molecule has 0 aromatic carbocycles. The van der Waals surface area contributed by atoms with Crippen LogP contribution in [0.5, 0.6) is 0 Å². The third-order valence-electron chi connectivity index (χ3n) is 9.52. The summed E-state index contributed by atoms with van der Waals surface area (Å²) in [5.74, 6) is -0.324. The Morgan fingerprint density at radius 3 is 1.26 bits per heavy atom. The summed E-state index contributed by atoms with van der Waals surface area (Å²) in [7, 11) is -4.27. The molecule has 0 saturated carbocycles. The van der Waals surface area contributed by atoms with Crippen LogP contribution in [0, 0.1) is 0 Å². The predicted octanol–water partition coefficient (Wildman–Crippen LogP) is 12.5. The van der Waals surface area contributed by atoms with Crippen molar-refractivity contribution in [1.29, 1.82) is 0 Å². The van der Waals surface area contributed by atoms with Crippen LogP contribution in [0.25, 0.3) is 0 Å². The SMILES string of the molecule is CCCCCCCCCCCCCCCCCCOCC(COP(=O)(O)OCCN)OC(=O)CCCCCCCCCCCCCCCCC. The lowest BCUT2D eigenvalue weighted by atomic mass is 10.0. The van der Waals surface area contributed by atoms with E-state index in [1.54, 1.807) is 0 Å². The van der Waals surface area contributed by atoms with Crippen molar-refractivity contribution in [3.63, 3.8) is 0 Å². The maximum absolute atomic E-state index is 12.6. The maximum atomic E-state index is 12.6. The molecule has 0 bridgehead atoms. The molecule has 0 aliphatic carbocycles. The molecule has 0 amide bonds. The molecule has 300 valence electrons. The largest absolute Gasteiger partial charge is 0.472 e. The molecule has 0 aliphatic heterocycles. The van der Waals surface area contributed by atoms with Crippen LogP contribution in [-0.4, -0.2) is 49.9 Å². The zero-order chi connectivity index (χ0) is 36.6. The van der Waals surface area contributed by atoms with Gasteiger partial charge in [-0.25, -0.2) is 4.57 Å². The minimum Gasteiger partial charge on any atom is -0.457 e. The summed E-state index contributed by atoms with van der Waals surface area (Å²) in [6.07, 6.45) is 39.7. The Labute approximate surface area is 310 Å². The number of phosphoric acid groups is 1. The molecule has 0 spiro atoms. The van der Waals surface area contributed by atoms with Gasteiger partial charge in [0.15, 0.2) is 0 Å². The van der Waals surface area contributed by atoms with Gasteiger partial charge >= 0.3 is 13.8 Å². The van der Waals surface area contributed by atoms with Crippen LogP contribution in [0.4, 0.5) is 0 Å². The molecule has 0 radical (unpaired) electrons. The number of rotatable bonds is 42. The molecule has 2 atom stereocenters. The van der Waals surface area contributed by atoms with E-state index in [1.165, 1.54) is 167 Å². The number of unbranched alkanes of at least 4 members (excludes halogenated alkanes) is 29. The third kappa shape index (κ3) is 38.7. The molecule has 3 N–H and O–H groups in total. The zero-order valence-electron chi connectivity index (χ0n) is 33.2. The van der Waals surface area contributed by atoms with Crippen molar-refractivity contribution in [2.45, 2.75) is 225 Å². The number of nitrogens with two attached hydrogens (primary N) is 1. The Morgan fingerprint density at radius 2 is 0.880 bits per heavy atom. The van der Waals surface area contributed by atoms with Gasteiger partial charge in [0.05, 0.1) is 19.8 Å². The fourth-order valence-electron chi connectivity index (χ4n) is 6.35. The van der Waals surface area contributed by atoms with Gasteiger partial charge in [0.25, 0.3) is 0 Å². The van der Waals surface area contributed by atoms with E-state index in [9.17, 15) is 14.3 Å². The highest BCUT2D eigenvalue weighted by Crippen LogP contribution is 2.43. The third-order valence-corrected chi connectivity index (χ3v) is 10.5. The normalized spacial score (nSPS) is 13.4. The van der Waals surface area contributed by atoms with Crippen LogP contribution in [0.3, 0.4) is 0 Å². The van der Waals surface area contributed by atoms with Crippen LogP contribution >= 0.6 is 7.82 Å². The first-order valence-corrected chi connectivity index (χ1v) is 23.0. The monoisotopic (exact) mass is 734 g/mol. The van der Waals surface area contributed by atoms with Gasteiger partial charge in [-0.1, -0.05) is 200 Å². The smallest absolute Gasteiger partial charge is 0.457 e. The average Bonchev–Trinajstić information content (AvgIpc) is 3.10. The maximum Gasteiger partial charge on any atom is 0.472 e. The van der Waals surface area contributed by atoms with Crippen LogP contribution in [-0.2, 0) is 27.9 Å². The van der Waals surface area contributed by atoms with E-state index in [0.717, 1.165) is 32.1 Å². The number of hydrogen-bond donors (Lipinski definition) is 2. The first-order chi connectivity index (χ1) is 24.4. The summed E-state index contributed by atoms with van der Waals surface area (Å²) in [6, 6.07) is 0. The van der Waals surface area contributed by atoms with Crippen molar-refractivity contribution < 1.29 is 32.8 Å². The van der Waals surface area contributed by atoms with E-state index in [-0.39, 0.29) is 32.3 Å². The van der Waals surface area contributed by atoms with Crippen molar-refractivity contribution >= 4 is 13.8 Å². The summed E-state index contributed by atoms with van der Waals surface area (Å²) < 4.78 is 33.4. The van der Waals surface area contributed by atoms with E-state index in [2.05, 4.69) is 13.8 Å². The van der Waals surface area contributed by atoms with Gasteiger partial charge in [0.1, 0.15) is 6.10 Å². The molecule has 0 aliphatic rings. The Balaban J connectivity index is 3.98. The lowest BCUT2D eigenvalue weighted by Gasteiger charge is -2.20. The van der Waals surface area contributed by atoms with Crippen molar-refractivity contribution in [2.75, 3.05) is 33.0 Å². The molecular formula is C41H84NO7P. The standard InChI is InChI=1S/C41H84NO7P/c1-3-5-7-9-11-13-15-17-19-21-23-25-27-29-31-33-36-46-38-40(39-48-50(44,45)47-37-35-42)49-41(43)34-32-30-28-26-24-22-20-18-16-14-12-10-8-6-4-2/h40H,3-39,42H2,1-2H3,(H,44,45). The van der Waals surface area contributed by atoms with Gasteiger partial charge < -0.3 is 20.1 Å². The Hall–Kier alpha value is -0.500. The Bertz CT molecular complexity index is 742. The van der Waals surface area contributed by atoms with E-state index in [4.69, 9.17) is 24.3 Å². The molecule has 8 nitrogen and oxygen atoms in total. The predicted molar refractivity (Wildman–Crippen MR) is 211 cm³/mol. The van der Waals surface area contributed by atoms with Crippen molar-refractivity contribution in [1.82, 2.24) is 0 Å². The molecule has 2 unspecified atom stereocenters. The van der Waals surface area contributed by atoms with Gasteiger partial charge in [-0.3, -0.25) is 13.8 Å². The van der Waals surface area contributed by atoms with Crippen molar-refractivity contribution in [2.24, 2.45) is 5.73 Å². The highest BCUT2D eigenvalue weighted by atomic mass is 31.2. The van der Waals surface area contributed by atoms with Crippen molar-refractivity contribution in [3.8, 4) is 0 Å². The first kappa shape index (κ1) is 49.5. The van der Waals surface area contributed by atoms with E-state index in [1.807, 2.05) is 0 Å². The summed E-state index contributed by atoms with van der Waals surface area (Å²) in [6.45, 7) is 4.98. The van der Waals surface area contributed by atoms with Crippen LogP contribution < -0.4 is 5.73 Å². The second-order valence-electron chi connectivity index (χ2n) is 14.6. The minimum absolute atomic E-state index is 0.0901. The van der Waals surface area contributed by atoms with Crippen LogP contribution in [0.2, 0.25) is 0 Å². The zero-order valence-corrected chi connectivity index (χ0v) is 34.1. The fourth-order valence-corrected chi connectivity index (χ4v) is 7.12. The number of carbonyl (C=O) groups is 1. The lowest BCUT2D eigenvalue weighted by molar-refractivity contribution is -0.154. The first-order valence-electron chi connectivity index (χ1n) is 21.5. The topological polar surface area (TPSA) is 117 Å². The molecule has 0 aromatic rings. The van der Waals surface area contributed by atoms with Crippen molar-refractivity contribution in [3.05, 3.63) is 0 Å². The van der Waals surface area contributed by atoms with Gasteiger partial charge in [-0.2, -0.15) is 0 Å². The number of hydrogen-bond acceptors (Lipinski definition) is 7. The number of ether oxygens (including phenoxy) is 2. The van der Waals surface area contributed by atoms with Gasteiger partial charge in [-0.15, -0.1) is 0 Å². The molecule has 0 rings (SSSR count). The molecule has 0 saturated heterocycles. The highest BCUT2D eigenvalue weighted by Gasteiger charge is 2.25. The van der Waals surface area contributed by atoms with E-state index >= 15 is 0 Å². The van der Waals surface area contributed by atoms with Gasteiger partial charge in [0, 0.05) is 19.6 Å². The quantitative estimate of drug-likeness (QED) is 0.0362. The van der Waals surface area contributed by atoms with Gasteiger partial charge in [0.2, 0.25) is 0 Å². The molecular weight excluding hydrogens is 649 g/mol.